The summed E-state index contributed by atoms with van der Waals surface area (Å²) in [5.74, 6) is 3.07. The minimum atomic E-state index is -0.412. The van der Waals surface area contributed by atoms with E-state index in [1.54, 1.807) is 14.2 Å². The van der Waals surface area contributed by atoms with Crippen LogP contribution in [0, 0.1) is 0 Å². The minimum absolute atomic E-state index is 0.0248. The lowest BCUT2D eigenvalue weighted by Gasteiger charge is -2.38. The van der Waals surface area contributed by atoms with Crippen LogP contribution < -0.4 is 18.9 Å². The Morgan fingerprint density at radius 1 is 0.868 bits per heavy atom. The van der Waals surface area contributed by atoms with Gasteiger partial charge in [-0.2, -0.15) is 5.10 Å². The fourth-order valence-corrected chi connectivity index (χ4v) is 5.02. The molecular formula is C31H27ClN2O4. The zero-order chi connectivity index (χ0) is 26.1. The highest BCUT2D eigenvalue weighted by Gasteiger charge is 2.42. The van der Waals surface area contributed by atoms with Gasteiger partial charge in [0.1, 0.15) is 18.1 Å². The molecule has 0 aliphatic carbocycles. The van der Waals surface area contributed by atoms with Crippen molar-refractivity contribution in [1.29, 1.82) is 0 Å². The van der Waals surface area contributed by atoms with Crippen LogP contribution in [-0.2, 0) is 6.61 Å². The lowest BCUT2D eigenvalue weighted by atomic mass is 9.95. The minimum Gasteiger partial charge on any atom is -0.497 e. The van der Waals surface area contributed by atoms with E-state index in [9.17, 15) is 0 Å². The van der Waals surface area contributed by atoms with Crippen molar-refractivity contribution in [1.82, 2.24) is 5.01 Å². The fourth-order valence-electron chi connectivity index (χ4n) is 4.90. The zero-order valence-electron chi connectivity index (χ0n) is 21.1. The van der Waals surface area contributed by atoms with Gasteiger partial charge in [-0.3, -0.25) is 0 Å². The average molecular weight is 527 g/mol. The molecule has 2 atom stereocenters. The second-order valence-corrected chi connectivity index (χ2v) is 9.64. The van der Waals surface area contributed by atoms with Crippen molar-refractivity contribution < 1.29 is 18.9 Å². The molecule has 0 unspecified atom stereocenters. The molecule has 4 aromatic carbocycles. The zero-order valence-corrected chi connectivity index (χ0v) is 21.9. The van der Waals surface area contributed by atoms with Gasteiger partial charge in [0.15, 0.2) is 11.5 Å². The van der Waals surface area contributed by atoms with E-state index in [0.29, 0.717) is 17.4 Å². The van der Waals surface area contributed by atoms with E-state index in [-0.39, 0.29) is 6.04 Å². The van der Waals surface area contributed by atoms with Gasteiger partial charge in [0.05, 0.1) is 26.0 Å². The summed E-state index contributed by atoms with van der Waals surface area (Å²) in [7, 11) is 3.34. The molecule has 6 rings (SSSR count). The van der Waals surface area contributed by atoms with Crippen molar-refractivity contribution in [3.05, 3.63) is 118 Å². The molecule has 38 heavy (non-hydrogen) atoms. The van der Waals surface area contributed by atoms with Crippen LogP contribution in [0.25, 0.3) is 0 Å². The molecule has 0 aromatic heterocycles. The van der Waals surface area contributed by atoms with Crippen molar-refractivity contribution in [2.45, 2.75) is 25.3 Å². The molecule has 7 heteroatoms. The number of nitrogens with zero attached hydrogens (tertiary/aromatic N) is 2. The third-order valence-electron chi connectivity index (χ3n) is 6.91. The van der Waals surface area contributed by atoms with Gasteiger partial charge in [-0.1, -0.05) is 35.9 Å². The Labute approximate surface area is 227 Å². The molecule has 0 saturated heterocycles. The monoisotopic (exact) mass is 526 g/mol. The van der Waals surface area contributed by atoms with E-state index in [2.05, 4.69) is 11.1 Å². The lowest BCUT2D eigenvalue weighted by molar-refractivity contribution is -0.0209. The molecule has 0 bridgehead atoms. The number of rotatable bonds is 7. The number of benzene rings is 4. The van der Waals surface area contributed by atoms with Crippen molar-refractivity contribution in [3.8, 4) is 23.0 Å². The van der Waals surface area contributed by atoms with Crippen molar-refractivity contribution >= 4 is 17.3 Å². The number of ether oxygens (including phenoxy) is 4. The average Bonchev–Trinajstić information content (AvgIpc) is 3.42. The Bertz CT molecular complexity index is 1450. The topological polar surface area (TPSA) is 52.5 Å². The van der Waals surface area contributed by atoms with Gasteiger partial charge in [0, 0.05) is 22.6 Å². The maximum absolute atomic E-state index is 6.58. The smallest absolute Gasteiger partial charge is 0.214 e. The first kappa shape index (κ1) is 24.2. The second-order valence-electron chi connectivity index (χ2n) is 9.21. The van der Waals surface area contributed by atoms with Crippen LogP contribution in [0.2, 0.25) is 5.02 Å². The molecule has 2 aliphatic heterocycles. The van der Waals surface area contributed by atoms with Gasteiger partial charge in [-0.05, 0) is 77.9 Å². The van der Waals surface area contributed by atoms with Gasteiger partial charge in [0.25, 0.3) is 0 Å². The molecule has 0 N–H and O–H groups in total. The van der Waals surface area contributed by atoms with E-state index in [4.69, 9.17) is 35.6 Å². The van der Waals surface area contributed by atoms with Gasteiger partial charge in [-0.25, -0.2) is 5.01 Å². The third kappa shape index (κ3) is 4.63. The summed E-state index contributed by atoms with van der Waals surface area (Å²) in [6.45, 7) is 0.463. The summed E-state index contributed by atoms with van der Waals surface area (Å²) in [6, 6.07) is 29.7. The fraction of sp³-hybridized carbons (Fsp3) is 0.194. The van der Waals surface area contributed by atoms with Crippen molar-refractivity contribution in [3.63, 3.8) is 0 Å². The largest absolute Gasteiger partial charge is 0.497 e. The maximum Gasteiger partial charge on any atom is 0.214 e. The highest BCUT2D eigenvalue weighted by Crippen LogP contribution is 2.50. The molecule has 0 fully saturated rings. The molecule has 6 nitrogen and oxygen atoms in total. The van der Waals surface area contributed by atoms with E-state index >= 15 is 0 Å². The molecule has 0 amide bonds. The van der Waals surface area contributed by atoms with Gasteiger partial charge in [-0.15, -0.1) is 0 Å². The van der Waals surface area contributed by atoms with Crippen molar-refractivity contribution in [2.24, 2.45) is 5.10 Å². The van der Waals surface area contributed by atoms with Gasteiger partial charge >= 0.3 is 0 Å². The molecule has 0 spiro atoms. The molecule has 4 aromatic rings. The highest BCUT2D eigenvalue weighted by molar-refractivity contribution is 6.30. The highest BCUT2D eigenvalue weighted by atomic mass is 35.5. The first-order valence-corrected chi connectivity index (χ1v) is 12.8. The Morgan fingerprint density at radius 3 is 2.32 bits per heavy atom. The molecule has 192 valence electrons. The van der Waals surface area contributed by atoms with Crippen LogP contribution in [0.5, 0.6) is 23.0 Å². The Kier molecular flexibility index (Phi) is 6.56. The Morgan fingerprint density at radius 2 is 1.61 bits per heavy atom. The summed E-state index contributed by atoms with van der Waals surface area (Å²) >= 11 is 5.99. The van der Waals surface area contributed by atoms with Crippen LogP contribution in [0.3, 0.4) is 0 Å². The number of fused-ring (bicyclic) bond motifs is 3. The number of halogens is 1. The van der Waals surface area contributed by atoms with Crippen LogP contribution in [0.4, 0.5) is 0 Å². The third-order valence-corrected chi connectivity index (χ3v) is 7.16. The molecule has 2 aliphatic rings. The van der Waals surface area contributed by atoms with Gasteiger partial charge in [0.2, 0.25) is 6.23 Å². The number of methoxy groups -OCH3 is 2. The second kappa shape index (κ2) is 10.3. The maximum atomic E-state index is 6.58. The van der Waals surface area contributed by atoms with Crippen molar-refractivity contribution in [2.75, 3.05) is 14.2 Å². The SMILES string of the molecule is COc1ccc(C2=NN3[C@@H](C2)c2cccc(OC)c2O[C@H]3c2ccc(OCc3ccc(Cl)cc3)cc2)cc1. The summed E-state index contributed by atoms with van der Waals surface area (Å²) in [5, 5.41) is 7.83. The summed E-state index contributed by atoms with van der Waals surface area (Å²) in [5.41, 5.74) is 5.16. The predicted molar refractivity (Wildman–Crippen MR) is 147 cm³/mol. The quantitative estimate of drug-likeness (QED) is 0.255. The van der Waals surface area contributed by atoms with E-state index in [1.807, 2.05) is 84.9 Å². The Balaban J connectivity index is 1.29. The summed E-state index contributed by atoms with van der Waals surface area (Å²) in [6.07, 6.45) is 0.346. The van der Waals surface area contributed by atoms with E-state index < -0.39 is 6.23 Å². The number of hydrogen-bond acceptors (Lipinski definition) is 6. The van der Waals surface area contributed by atoms with E-state index in [0.717, 1.165) is 51.6 Å². The van der Waals surface area contributed by atoms with Crippen LogP contribution >= 0.6 is 11.6 Å². The number of hydrazone groups is 1. The first-order valence-electron chi connectivity index (χ1n) is 12.4. The van der Waals surface area contributed by atoms with Crippen LogP contribution in [0.1, 0.15) is 40.9 Å². The van der Waals surface area contributed by atoms with Gasteiger partial charge < -0.3 is 18.9 Å². The lowest BCUT2D eigenvalue weighted by Crippen LogP contribution is -2.33. The van der Waals surface area contributed by atoms with E-state index in [1.165, 1.54) is 0 Å². The first-order chi connectivity index (χ1) is 18.6. The normalized spacial score (nSPS) is 17.7. The standard InChI is InChI=1S/C31H27ClN2O4/c1-35-24-14-8-21(9-15-24)27-18-28-26-4-3-5-29(36-2)30(26)38-31(34(28)33-27)22-10-16-25(17-11-22)37-19-20-6-12-23(32)13-7-20/h3-17,28,31H,18-19H2,1-2H3/t28-,31-/m0/s1. The molecule has 0 radical (unpaired) electrons. The molecule has 2 heterocycles. The van der Waals surface area contributed by atoms with Crippen LogP contribution in [-0.4, -0.2) is 24.9 Å². The molecular weight excluding hydrogens is 500 g/mol. The Hall–Kier alpha value is -4.16. The summed E-state index contributed by atoms with van der Waals surface area (Å²) < 4.78 is 23.6. The van der Waals surface area contributed by atoms with Crippen LogP contribution in [0.15, 0.2) is 96.1 Å². The summed E-state index contributed by atoms with van der Waals surface area (Å²) in [4.78, 5) is 0. The molecule has 0 saturated carbocycles. The number of hydrogen-bond donors (Lipinski definition) is 0. The predicted octanol–water partition coefficient (Wildman–Crippen LogP) is 7.18. The number of para-hydroxylation sites is 1.